The van der Waals surface area contributed by atoms with E-state index in [4.69, 9.17) is 50.5 Å². The van der Waals surface area contributed by atoms with Crippen molar-refractivity contribution in [1.29, 1.82) is 0 Å². The molecule has 6 fully saturated rings. The van der Waals surface area contributed by atoms with Gasteiger partial charge in [-0.3, -0.25) is 38.4 Å². The summed E-state index contributed by atoms with van der Waals surface area (Å²) in [6.07, 6.45) is -14.5. The van der Waals surface area contributed by atoms with Crippen molar-refractivity contribution < 1.29 is 126 Å². The number of aliphatic hydroxyl groups is 8. The Hall–Kier alpha value is -10.2. The SMILES string of the molecule is CN[C@H](CC(C)C)C(=O)N[C@H]1C(=O)N[C@@H](CC(=O)NS(=O)(=O)c2ccc(OC)cc2)C(=O)N[C@H]2C(=O)N[C@H]3C(=O)N[C@H](C(=O)N[C@H](C(=O)NC4C5CC6CC(C5)CC4C6)c4cc(O)cc5c4-c4cc3ccc4C5(O)O)[C@H](O)c3ccc(cc3)Oc3cc2cc(c3O[C@@H]2O[C@H](CO)[C@@H](O)[C@H](O)[C@H]2O[C@H]2C[C@](C)(N)[C@H](O)[C@H](C)O2)Oc2ccc(cc2Cl)[C@H]1O. The lowest BCUT2D eigenvalue weighted by molar-refractivity contribution is -0.333. The summed E-state index contributed by atoms with van der Waals surface area (Å²) in [6.45, 7) is 5.65. The number of sulfonamides is 1. The second-order valence-electron chi connectivity index (χ2n) is 33.7. The number of benzene rings is 6. The molecular formula is C84H97ClN10O26S. The number of fused-ring (bicyclic) bond motifs is 12. The number of nitrogens with one attached hydrogen (secondary N) is 9. The van der Waals surface area contributed by atoms with Gasteiger partial charge in [0.25, 0.3) is 10.0 Å². The van der Waals surface area contributed by atoms with E-state index in [0.717, 1.165) is 74.6 Å². The number of rotatable bonds is 17. The van der Waals surface area contributed by atoms with Crippen molar-refractivity contribution in [2.75, 3.05) is 20.8 Å². The van der Waals surface area contributed by atoms with Crippen LogP contribution in [-0.2, 0) is 68.4 Å². The summed E-state index contributed by atoms with van der Waals surface area (Å²) in [4.78, 5) is 124. The largest absolute Gasteiger partial charge is 0.508 e. The van der Waals surface area contributed by atoms with Gasteiger partial charge in [0.15, 0.2) is 23.9 Å². The second-order valence-corrected chi connectivity index (χ2v) is 35.8. The van der Waals surface area contributed by atoms with Gasteiger partial charge in [0.2, 0.25) is 65.1 Å². The first-order chi connectivity index (χ1) is 57.9. The van der Waals surface area contributed by atoms with Gasteiger partial charge >= 0.3 is 0 Å². The average molecular weight is 1730 g/mol. The zero-order chi connectivity index (χ0) is 87.2. The van der Waals surface area contributed by atoms with Crippen molar-refractivity contribution in [3.05, 3.63) is 153 Å². The molecule has 7 heterocycles. The number of aliphatic hydroxyl groups excluding tert-OH is 6. The standard InChI is InChI=1S/C84H97ClN10O26S/c1-34(2)19-53(87-5)75(104)93-67-69(100)40-10-18-55(52(85)26-40)118-57-28-43-27-56(72(57)121-82-73(71(102)70(101)58(33-96)119-82)120-60-32-83(4,86)74(103)35(3)116-60)117-46-11-7-38(8-12-46)68(99)66-81(110)92-65(79(108)89-62-41-21-36-20-37(23-41)24-42(62)22-36)49-29-44(97)30-51-61(49)48-25-39(9-17-50(48)84(51,111)112)63(77(106)94-66)91-78(107)64(43)90-76(105)54(88-80(67)109)31-59(98)95-122(113,114)47-15-13-45(115-6)14-16-47/h7-18,25-30,34-37,41-42,53-54,58,60,62-71,73-74,82,87,96-97,99-103,111-112H,19-24,31-33,86H2,1-6H3,(H,88,109)(H,89,108)(H,90,105)(H,91,107)(H,92,110)(H,93,104)(H,94,106)(H,95,98)/t35-,36?,37?,41?,42?,53+,54-,58+,60-,62?,63+,64+,65-,66-,67+,68+,69+,70+,71-,73+,74+,82-,83-/m0/s1. The zero-order valence-corrected chi connectivity index (χ0v) is 68.4. The van der Waals surface area contributed by atoms with Crippen molar-refractivity contribution >= 4 is 68.9 Å². The molecule has 18 atom stereocenters. The molecule has 2 saturated heterocycles. The highest BCUT2D eigenvalue weighted by molar-refractivity contribution is 7.90. The molecule has 0 spiro atoms. The molecule has 0 aromatic heterocycles. The maximum absolute atomic E-state index is 16.6. The van der Waals surface area contributed by atoms with Gasteiger partial charge in [-0.15, -0.1) is 0 Å². The Bertz CT molecular complexity index is 5190. The van der Waals surface area contributed by atoms with Crippen molar-refractivity contribution in [3.8, 4) is 51.4 Å². The number of nitrogens with two attached hydrogens (primary N) is 1. The molecule has 4 saturated carbocycles. The fraction of sp³-hybridized carbons (Fsp3) is 0.476. The molecule has 5 aliphatic carbocycles. The van der Waals surface area contributed by atoms with Gasteiger partial charge in [-0.1, -0.05) is 55.8 Å². The van der Waals surface area contributed by atoms with E-state index in [9.17, 15) is 64.0 Å². The van der Waals surface area contributed by atoms with Crippen LogP contribution in [0, 0.1) is 29.6 Å². The number of amides is 8. The van der Waals surface area contributed by atoms with Gasteiger partial charge in [-0.2, -0.15) is 0 Å². The number of hydrogen-bond acceptors (Lipinski definition) is 28. The third-order valence-electron chi connectivity index (χ3n) is 24.7. The minimum absolute atomic E-state index is 0.0717. The molecule has 12 aliphatic rings. The van der Waals surface area contributed by atoms with Crippen molar-refractivity contribution in [1.82, 2.24) is 47.3 Å². The molecule has 0 radical (unpaired) electrons. The fourth-order valence-corrected chi connectivity index (χ4v) is 19.8. The van der Waals surface area contributed by atoms with E-state index in [0.29, 0.717) is 11.8 Å². The number of aromatic hydroxyl groups is 1. The van der Waals surface area contributed by atoms with Gasteiger partial charge in [0, 0.05) is 29.1 Å². The second kappa shape index (κ2) is 34.1. The number of methoxy groups -OCH3 is 1. The maximum Gasteiger partial charge on any atom is 0.264 e. The number of ether oxygens (including phenoxy) is 7. The maximum atomic E-state index is 16.6. The summed E-state index contributed by atoms with van der Waals surface area (Å²) in [5.41, 5.74) is 3.03. The minimum Gasteiger partial charge on any atom is -0.508 e. The van der Waals surface area contributed by atoms with Crippen LogP contribution < -0.4 is 71.9 Å². The smallest absolute Gasteiger partial charge is 0.264 e. The Kier molecular flexibility index (Phi) is 24.3. The van der Waals surface area contributed by atoms with Crippen LogP contribution >= 0.6 is 11.6 Å². The molecule has 8 amide bonds. The molecular weight excluding hydrogens is 1630 g/mol. The van der Waals surface area contributed by atoms with Crippen LogP contribution in [0.5, 0.6) is 40.2 Å². The van der Waals surface area contributed by atoms with E-state index in [-0.39, 0.29) is 103 Å². The van der Waals surface area contributed by atoms with Crippen molar-refractivity contribution in [2.45, 2.75) is 205 Å². The Morgan fingerprint density at radius 2 is 1.34 bits per heavy atom. The summed E-state index contributed by atoms with van der Waals surface area (Å²) in [5.74, 6) is -15.0. The fourth-order valence-electron chi connectivity index (χ4n) is 18.6. The molecule has 122 heavy (non-hydrogen) atoms. The number of carbonyl (C=O) groups is 8. The lowest BCUT2D eigenvalue weighted by Crippen LogP contribution is -2.64. The highest BCUT2D eigenvalue weighted by atomic mass is 35.5. The molecule has 20 N–H and O–H groups in total. The first kappa shape index (κ1) is 86.7. The number of carbonyl (C=O) groups excluding carboxylic acids is 8. The summed E-state index contributed by atoms with van der Waals surface area (Å²) >= 11 is 7.20. The van der Waals surface area contributed by atoms with Gasteiger partial charge in [0.1, 0.15) is 89.8 Å². The Morgan fingerprint density at radius 1 is 0.697 bits per heavy atom. The molecule has 38 heteroatoms. The Balaban J connectivity index is 0.925. The molecule has 7 aliphatic heterocycles. The van der Waals surface area contributed by atoms with Crippen molar-refractivity contribution in [3.63, 3.8) is 0 Å². The zero-order valence-electron chi connectivity index (χ0n) is 66.9. The summed E-state index contributed by atoms with van der Waals surface area (Å²) in [6, 6.07) is 6.65. The number of phenolic OH excluding ortho intramolecular Hbond substituents is 1. The van der Waals surface area contributed by atoms with Crippen LogP contribution in [0.1, 0.15) is 148 Å². The third-order valence-corrected chi connectivity index (χ3v) is 26.3. The van der Waals surface area contributed by atoms with E-state index in [1.165, 1.54) is 94.7 Å². The van der Waals surface area contributed by atoms with Crippen LogP contribution in [0.4, 0.5) is 0 Å². The van der Waals surface area contributed by atoms with Gasteiger partial charge < -0.3 is 127 Å². The first-order valence-corrected chi connectivity index (χ1v) is 42.1. The lowest BCUT2D eigenvalue weighted by Gasteiger charge is -2.54. The van der Waals surface area contributed by atoms with Crippen LogP contribution in [0.25, 0.3) is 11.1 Å². The van der Waals surface area contributed by atoms with Crippen LogP contribution in [0.3, 0.4) is 0 Å². The molecule has 6 aromatic carbocycles. The van der Waals surface area contributed by atoms with Crippen LogP contribution in [0.2, 0.25) is 5.02 Å². The molecule has 0 unspecified atom stereocenters. The van der Waals surface area contributed by atoms with E-state index in [1.807, 2.05) is 4.72 Å². The Morgan fingerprint density at radius 3 is 1.99 bits per heavy atom. The highest BCUT2D eigenvalue weighted by Crippen LogP contribution is 2.56. The van der Waals surface area contributed by atoms with Crippen LogP contribution in [0.15, 0.2) is 114 Å². The van der Waals surface area contributed by atoms with Crippen molar-refractivity contribution in [2.24, 2.45) is 35.3 Å². The summed E-state index contributed by atoms with van der Waals surface area (Å²) in [5, 5.41) is 128. The normalized spacial score (nSPS) is 31.6. The van der Waals surface area contributed by atoms with E-state index in [2.05, 4.69) is 42.5 Å². The summed E-state index contributed by atoms with van der Waals surface area (Å²) < 4.78 is 74.3. The predicted octanol–water partition coefficient (Wildman–Crippen LogP) is 1.43. The number of halogens is 1. The molecule has 15 bridgehead atoms. The highest BCUT2D eigenvalue weighted by Gasteiger charge is 2.54. The molecule has 6 aromatic rings. The first-order valence-electron chi connectivity index (χ1n) is 40.2. The molecule has 36 nitrogen and oxygen atoms in total. The van der Waals surface area contributed by atoms with Gasteiger partial charge in [-0.25, -0.2) is 13.1 Å². The van der Waals surface area contributed by atoms with E-state index >= 15 is 28.8 Å². The lowest BCUT2D eigenvalue weighted by atomic mass is 9.54. The number of phenols is 1. The van der Waals surface area contributed by atoms with E-state index in [1.54, 1.807) is 13.8 Å². The average Bonchev–Trinajstić information content (AvgIpc) is 1.55. The monoisotopic (exact) mass is 1730 g/mol. The predicted molar refractivity (Wildman–Crippen MR) is 427 cm³/mol. The minimum atomic E-state index is -4.88. The number of hydrogen-bond donors (Lipinski definition) is 19. The van der Waals surface area contributed by atoms with Gasteiger partial charge in [-0.05, 0) is 207 Å². The van der Waals surface area contributed by atoms with Crippen LogP contribution in [-0.4, -0.2) is 207 Å². The Labute approximate surface area is 704 Å². The number of likely N-dealkylation sites (N-methyl/N-ethyl adjacent to an activating group) is 1. The van der Waals surface area contributed by atoms with Gasteiger partial charge in [0.05, 0.1) is 48.3 Å². The third kappa shape index (κ3) is 17.1. The van der Waals surface area contributed by atoms with E-state index < -0.39 is 219 Å². The topological polar surface area (TPSA) is 552 Å². The summed E-state index contributed by atoms with van der Waals surface area (Å²) in [7, 11) is -2.10. The molecule has 18 rings (SSSR count). The molecule has 652 valence electrons. The quantitative estimate of drug-likeness (QED) is 0.0574.